The molecule has 0 aliphatic heterocycles. The summed E-state index contributed by atoms with van der Waals surface area (Å²) in [5.41, 5.74) is 0.726. The maximum absolute atomic E-state index is 12.1. The first-order valence-corrected chi connectivity index (χ1v) is 8.07. The molecular weight excluding hydrogens is 302 g/mol. The van der Waals surface area contributed by atoms with Crippen molar-refractivity contribution >= 4 is 29.0 Å². The van der Waals surface area contributed by atoms with E-state index in [0.29, 0.717) is 19.4 Å². The van der Waals surface area contributed by atoms with Gasteiger partial charge in [-0.05, 0) is 26.3 Å². The first-order valence-electron chi connectivity index (χ1n) is 7.26. The Morgan fingerprint density at radius 3 is 2.41 bits per heavy atom. The van der Waals surface area contributed by atoms with E-state index in [0.717, 1.165) is 15.3 Å². The summed E-state index contributed by atoms with van der Waals surface area (Å²) in [5.74, 6) is -0.347. The molecule has 1 aromatic rings. The molecule has 0 aliphatic rings. The smallest absolute Gasteiger partial charge is 0.305 e. The van der Waals surface area contributed by atoms with Crippen molar-refractivity contribution in [1.29, 1.82) is 0 Å². The normalized spacial score (nSPS) is 10.4. The zero-order valence-corrected chi connectivity index (χ0v) is 14.4. The number of thiophene rings is 1. The average Bonchev–Trinajstić information content (AvgIpc) is 2.82. The van der Waals surface area contributed by atoms with Crippen molar-refractivity contribution in [3.8, 4) is 0 Å². The van der Waals surface area contributed by atoms with Crippen LogP contribution in [0.25, 0.3) is 0 Å². The maximum atomic E-state index is 12.1. The lowest BCUT2D eigenvalue weighted by Crippen LogP contribution is -2.28. The Bertz CT molecular complexity index is 550. The monoisotopic (exact) mass is 325 g/mol. The zero-order chi connectivity index (χ0) is 16.7. The lowest BCUT2D eigenvalue weighted by Gasteiger charge is -2.16. The second-order valence-corrected chi connectivity index (χ2v) is 6.71. The van der Waals surface area contributed by atoms with E-state index in [1.54, 1.807) is 23.3 Å². The number of Topliss-reactive ketones (excluding diaryl/α,β-unsaturated/α-hetero) is 1. The number of methoxy groups -OCH3 is 1. The number of ketones is 1. The Morgan fingerprint density at radius 1 is 1.18 bits per heavy atom. The molecule has 0 radical (unpaired) electrons. The maximum Gasteiger partial charge on any atom is 0.305 e. The van der Waals surface area contributed by atoms with Gasteiger partial charge in [0.1, 0.15) is 0 Å². The number of carbonyl (C=O) groups excluding carboxylic acids is 3. The van der Waals surface area contributed by atoms with Crippen molar-refractivity contribution in [3.63, 3.8) is 0 Å². The van der Waals surface area contributed by atoms with Gasteiger partial charge < -0.3 is 9.64 Å². The minimum absolute atomic E-state index is 0.0122. The van der Waals surface area contributed by atoms with Crippen LogP contribution in [0.15, 0.2) is 6.07 Å². The number of nitrogens with zero attached hydrogens (tertiary/aromatic N) is 1. The minimum atomic E-state index is -0.278. The number of hydrogen-bond acceptors (Lipinski definition) is 5. The quantitative estimate of drug-likeness (QED) is 0.544. The number of esters is 1. The number of ether oxygens (including phenoxy) is 1. The van der Waals surface area contributed by atoms with Gasteiger partial charge in [0.2, 0.25) is 5.91 Å². The van der Waals surface area contributed by atoms with Gasteiger partial charge in [0.25, 0.3) is 0 Å². The molecule has 0 aromatic carbocycles. The average molecular weight is 325 g/mol. The van der Waals surface area contributed by atoms with E-state index in [1.165, 1.54) is 7.11 Å². The molecule has 1 amide bonds. The van der Waals surface area contributed by atoms with E-state index >= 15 is 0 Å². The highest BCUT2D eigenvalue weighted by Crippen LogP contribution is 2.22. The highest BCUT2D eigenvalue weighted by Gasteiger charge is 2.15. The van der Waals surface area contributed by atoms with Crippen molar-refractivity contribution in [1.82, 2.24) is 4.90 Å². The van der Waals surface area contributed by atoms with Crippen LogP contribution in [0.2, 0.25) is 0 Å². The van der Waals surface area contributed by atoms with E-state index in [1.807, 2.05) is 19.9 Å². The van der Waals surface area contributed by atoms with Gasteiger partial charge in [-0.25, -0.2) is 0 Å². The largest absolute Gasteiger partial charge is 0.469 e. The van der Waals surface area contributed by atoms with Gasteiger partial charge in [0.15, 0.2) is 5.78 Å². The molecule has 1 rings (SSSR count). The van der Waals surface area contributed by atoms with Crippen LogP contribution in [0, 0.1) is 13.8 Å². The third-order valence-corrected chi connectivity index (χ3v) is 4.40. The number of rotatable bonds is 8. The SMILES string of the molecule is COC(=O)CCCN(C)C(=O)CCC(=O)c1cc(C)sc1C. The van der Waals surface area contributed by atoms with Crippen LogP contribution >= 0.6 is 11.3 Å². The molecule has 22 heavy (non-hydrogen) atoms. The summed E-state index contributed by atoms with van der Waals surface area (Å²) in [5, 5.41) is 0. The van der Waals surface area contributed by atoms with E-state index in [9.17, 15) is 14.4 Å². The standard InChI is InChI=1S/C16H23NO4S/c1-11-10-13(12(2)22-11)14(18)7-8-15(19)17(3)9-5-6-16(20)21-4/h10H,5-9H2,1-4H3. The molecule has 1 aromatic heterocycles. The number of hydrogen-bond donors (Lipinski definition) is 0. The van der Waals surface area contributed by atoms with Crippen molar-refractivity contribution in [2.45, 2.75) is 39.5 Å². The summed E-state index contributed by atoms with van der Waals surface area (Å²) < 4.78 is 4.55. The molecule has 0 fully saturated rings. The van der Waals surface area contributed by atoms with Gasteiger partial charge in [-0.2, -0.15) is 0 Å². The Morgan fingerprint density at radius 2 is 1.86 bits per heavy atom. The second-order valence-electron chi connectivity index (χ2n) is 5.25. The van der Waals surface area contributed by atoms with Gasteiger partial charge in [0, 0.05) is 48.2 Å². The number of amides is 1. The molecule has 5 nitrogen and oxygen atoms in total. The van der Waals surface area contributed by atoms with Gasteiger partial charge in [-0.1, -0.05) is 0 Å². The molecule has 0 saturated carbocycles. The van der Waals surface area contributed by atoms with E-state index in [4.69, 9.17) is 0 Å². The zero-order valence-electron chi connectivity index (χ0n) is 13.6. The Labute approximate surface area is 135 Å². The lowest BCUT2D eigenvalue weighted by molar-refractivity contribution is -0.141. The fourth-order valence-corrected chi connectivity index (χ4v) is 3.08. The minimum Gasteiger partial charge on any atom is -0.469 e. The van der Waals surface area contributed by atoms with Gasteiger partial charge in [0.05, 0.1) is 7.11 Å². The molecule has 6 heteroatoms. The molecular formula is C16H23NO4S. The highest BCUT2D eigenvalue weighted by atomic mass is 32.1. The van der Waals surface area contributed by atoms with Crippen LogP contribution in [-0.2, 0) is 14.3 Å². The molecule has 0 bridgehead atoms. The summed E-state index contributed by atoms with van der Waals surface area (Å²) in [6.45, 7) is 4.37. The highest BCUT2D eigenvalue weighted by molar-refractivity contribution is 7.12. The molecule has 0 unspecified atom stereocenters. The van der Waals surface area contributed by atoms with Crippen molar-refractivity contribution in [3.05, 3.63) is 21.4 Å². The number of aryl methyl sites for hydroxylation is 2. The van der Waals surface area contributed by atoms with E-state index in [-0.39, 0.29) is 30.5 Å². The molecule has 122 valence electrons. The Kier molecular flexibility index (Phi) is 7.24. The summed E-state index contributed by atoms with van der Waals surface area (Å²) in [6.07, 6.45) is 1.27. The molecule has 0 atom stereocenters. The molecule has 0 spiro atoms. The van der Waals surface area contributed by atoms with Crippen molar-refractivity contribution < 1.29 is 19.1 Å². The summed E-state index contributed by atoms with van der Waals surface area (Å²) in [4.78, 5) is 38.8. The Balaban J connectivity index is 2.37. The van der Waals surface area contributed by atoms with E-state index < -0.39 is 0 Å². The van der Waals surface area contributed by atoms with Crippen LogP contribution in [0.5, 0.6) is 0 Å². The first kappa shape index (κ1) is 18.4. The van der Waals surface area contributed by atoms with Gasteiger partial charge >= 0.3 is 5.97 Å². The molecule has 0 saturated heterocycles. The fourth-order valence-electron chi connectivity index (χ4n) is 2.14. The van der Waals surface area contributed by atoms with E-state index in [2.05, 4.69) is 4.74 Å². The van der Waals surface area contributed by atoms with Crippen molar-refractivity contribution in [2.24, 2.45) is 0 Å². The molecule has 0 aliphatic carbocycles. The first-order chi connectivity index (χ1) is 10.3. The van der Waals surface area contributed by atoms with Crippen LogP contribution < -0.4 is 0 Å². The molecule has 1 heterocycles. The van der Waals surface area contributed by atoms with Gasteiger partial charge in [-0.3, -0.25) is 14.4 Å². The number of carbonyl (C=O) groups is 3. The summed E-state index contributed by atoms with van der Waals surface area (Å²) in [7, 11) is 3.03. The Hall–Kier alpha value is -1.69. The summed E-state index contributed by atoms with van der Waals surface area (Å²) in [6, 6.07) is 1.88. The molecule has 0 N–H and O–H groups in total. The third kappa shape index (κ3) is 5.60. The third-order valence-electron chi connectivity index (χ3n) is 3.44. The van der Waals surface area contributed by atoms with Crippen LogP contribution in [-0.4, -0.2) is 43.3 Å². The van der Waals surface area contributed by atoms with Crippen LogP contribution in [0.1, 0.15) is 45.8 Å². The predicted octanol–water partition coefficient (Wildman–Crippen LogP) is 2.74. The second kappa shape index (κ2) is 8.68. The summed E-state index contributed by atoms with van der Waals surface area (Å²) >= 11 is 1.59. The predicted molar refractivity (Wildman–Crippen MR) is 86.2 cm³/mol. The fraction of sp³-hybridized carbons (Fsp3) is 0.562. The topological polar surface area (TPSA) is 63.7 Å². The van der Waals surface area contributed by atoms with Crippen LogP contribution in [0.4, 0.5) is 0 Å². The lowest BCUT2D eigenvalue weighted by atomic mass is 10.1. The van der Waals surface area contributed by atoms with Gasteiger partial charge in [-0.15, -0.1) is 11.3 Å². The van der Waals surface area contributed by atoms with Crippen LogP contribution in [0.3, 0.4) is 0 Å². The van der Waals surface area contributed by atoms with Crippen molar-refractivity contribution in [2.75, 3.05) is 20.7 Å².